The molecule has 140 valence electrons. The van der Waals surface area contributed by atoms with E-state index in [2.05, 4.69) is 26.7 Å². The standard InChI is InChI=1S/C20H35N5/c1-15-22-19(14-20(23-15)25(2)3)24-18-10-8-17(9-11-18)21-13-12-16-6-4-5-7-16/h14,16-18,21H,4-13H2,1-3H3,(H,22,23,24). The zero-order chi connectivity index (χ0) is 17.6. The fourth-order valence-electron chi connectivity index (χ4n) is 4.30. The van der Waals surface area contributed by atoms with Crippen LogP contribution < -0.4 is 15.5 Å². The van der Waals surface area contributed by atoms with Gasteiger partial charge < -0.3 is 15.5 Å². The van der Waals surface area contributed by atoms with Crippen molar-refractivity contribution in [2.75, 3.05) is 30.9 Å². The lowest BCUT2D eigenvalue weighted by atomic mass is 9.91. The highest BCUT2D eigenvalue weighted by atomic mass is 15.2. The Hall–Kier alpha value is -1.36. The van der Waals surface area contributed by atoms with E-state index in [4.69, 9.17) is 0 Å². The minimum absolute atomic E-state index is 0.539. The summed E-state index contributed by atoms with van der Waals surface area (Å²) in [5, 5.41) is 7.44. The molecule has 1 aromatic rings. The second-order valence-electron chi connectivity index (χ2n) is 8.14. The molecule has 0 saturated heterocycles. The second-order valence-corrected chi connectivity index (χ2v) is 8.14. The van der Waals surface area contributed by atoms with Gasteiger partial charge in [-0.05, 0) is 51.5 Å². The maximum Gasteiger partial charge on any atom is 0.133 e. The number of aromatic nitrogens is 2. The highest BCUT2D eigenvalue weighted by Gasteiger charge is 2.22. The number of anilines is 2. The van der Waals surface area contributed by atoms with E-state index in [9.17, 15) is 0 Å². The molecule has 0 aromatic carbocycles. The molecule has 2 N–H and O–H groups in total. The highest BCUT2D eigenvalue weighted by Crippen LogP contribution is 2.27. The summed E-state index contributed by atoms with van der Waals surface area (Å²) >= 11 is 0. The summed E-state index contributed by atoms with van der Waals surface area (Å²) in [7, 11) is 4.04. The zero-order valence-electron chi connectivity index (χ0n) is 16.2. The molecular weight excluding hydrogens is 310 g/mol. The van der Waals surface area contributed by atoms with Crippen LogP contribution in [0.1, 0.15) is 63.6 Å². The Bertz CT molecular complexity index is 531. The highest BCUT2D eigenvalue weighted by molar-refractivity contribution is 5.48. The van der Waals surface area contributed by atoms with Crippen LogP contribution in [0.5, 0.6) is 0 Å². The van der Waals surface area contributed by atoms with Crippen LogP contribution in [0.4, 0.5) is 11.6 Å². The third kappa shape index (κ3) is 5.56. The first-order chi connectivity index (χ1) is 12.1. The van der Waals surface area contributed by atoms with E-state index in [1.54, 1.807) is 0 Å². The number of nitrogens with one attached hydrogen (secondary N) is 2. The van der Waals surface area contributed by atoms with Gasteiger partial charge in [0.05, 0.1) is 0 Å². The molecule has 0 atom stereocenters. The van der Waals surface area contributed by atoms with Crippen molar-refractivity contribution in [3.05, 3.63) is 11.9 Å². The molecule has 1 aromatic heterocycles. The largest absolute Gasteiger partial charge is 0.367 e. The molecule has 25 heavy (non-hydrogen) atoms. The molecule has 0 amide bonds. The van der Waals surface area contributed by atoms with E-state index < -0.39 is 0 Å². The van der Waals surface area contributed by atoms with Crippen molar-refractivity contribution in [3.63, 3.8) is 0 Å². The van der Waals surface area contributed by atoms with E-state index in [0.29, 0.717) is 12.1 Å². The molecule has 0 radical (unpaired) electrons. The van der Waals surface area contributed by atoms with E-state index in [0.717, 1.165) is 23.4 Å². The summed E-state index contributed by atoms with van der Waals surface area (Å²) in [5.74, 6) is 3.76. The maximum atomic E-state index is 4.56. The average molecular weight is 346 g/mol. The van der Waals surface area contributed by atoms with E-state index in [-0.39, 0.29) is 0 Å². The smallest absolute Gasteiger partial charge is 0.133 e. The van der Waals surface area contributed by atoms with Gasteiger partial charge in [0.1, 0.15) is 17.5 Å². The first kappa shape index (κ1) is 18.4. The van der Waals surface area contributed by atoms with Crippen molar-refractivity contribution in [1.29, 1.82) is 0 Å². The number of rotatable bonds is 7. The Morgan fingerprint density at radius 2 is 1.68 bits per heavy atom. The van der Waals surface area contributed by atoms with Gasteiger partial charge in [-0.3, -0.25) is 0 Å². The summed E-state index contributed by atoms with van der Waals surface area (Å²) < 4.78 is 0. The van der Waals surface area contributed by atoms with Gasteiger partial charge in [-0.25, -0.2) is 9.97 Å². The maximum absolute atomic E-state index is 4.56. The average Bonchev–Trinajstić information content (AvgIpc) is 3.09. The van der Waals surface area contributed by atoms with Gasteiger partial charge in [-0.1, -0.05) is 25.7 Å². The van der Waals surface area contributed by atoms with Crippen LogP contribution in [0.25, 0.3) is 0 Å². The lowest BCUT2D eigenvalue weighted by molar-refractivity contribution is 0.341. The fourth-order valence-corrected chi connectivity index (χ4v) is 4.30. The molecule has 1 heterocycles. The van der Waals surface area contributed by atoms with Crippen molar-refractivity contribution in [3.8, 4) is 0 Å². The Morgan fingerprint density at radius 3 is 2.36 bits per heavy atom. The van der Waals surface area contributed by atoms with Gasteiger partial charge in [0.15, 0.2) is 0 Å². The molecule has 2 aliphatic carbocycles. The van der Waals surface area contributed by atoms with Crippen LogP contribution in [-0.2, 0) is 0 Å². The summed E-state index contributed by atoms with van der Waals surface area (Å²) in [6.07, 6.45) is 12.2. The van der Waals surface area contributed by atoms with Crippen molar-refractivity contribution in [1.82, 2.24) is 15.3 Å². The van der Waals surface area contributed by atoms with Crippen LogP contribution >= 0.6 is 0 Å². The number of hydrogen-bond donors (Lipinski definition) is 2. The predicted molar refractivity (Wildman–Crippen MR) is 105 cm³/mol. The van der Waals surface area contributed by atoms with Crippen molar-refractivity contribution < 1.29 is 0 Å². The molecule has 3 rings (SSSR count). The molecule has 0 aliphatic heterocycles. The monoisotopic (exact) mass is 345 g/mol. The summed E-state index contributed by atoms with van der Waals surface area (Å²) in [5.41, 5.74) is 0. The van der Waals surface area contributed by atoms with E-state index in [1.807, 2.05) is 25.9 Å². The predicted octanol–water partition coefficient (Wildman–Crippen LogP) is 3.74. The molecule has 0 bridgehead atoms. The third-order valence-electron chi connectivity index (χ3n) is 5.82. The van der Waals surface area contributed by atoms with E-state index in [1.165, 1.54) is 64.3 Å². The first-order valence-electron chi connectivity index (χ1n) is 10.1. The summed E-state index contributed by atoms with van der Waals surface area (Å²) in [6, 6.07) is 3.31. The van der Waals surface area contributed by atoms with Crippen LogP contribution in [-0.4, -0.2) is 42.7 Å². The zero-order valence-corrected chi connectivity index (χ0v) is 16.2. The van der Waals surface area contributed by atoms with Crippen molar-refractivity contribution in [2.24, 2.45) is 5.92 Å². The van der Waals surface area contributed by atoms with Gasteiger partial charge in [-0.15, -0.1) is 0 Å². The molecule has 0 spiro atoms. The van der Waals surface area contributed by atoms with Crippen molar-refractivity contribution >= 4 is 11.6 Å². The molecule has 2 fully saturated rings. The van der Waals surface area contributed by atoms with Gasteiger partial charge >= 0.3 is 0 Å². The Kier molecular flexibility index (Phi) is 6.51. The first-order valence-corrected chi connectivity index (χ1v) is 10.1. The summed E-state index contributed by atoms with van der Waals surface area (Å²) in [6.45, 7) is 3.17. The number of hydrogen-bond acceptors (Lipinski definition) is 5. The Labute approximate surface area is 153 Å². The lowest BCUT2D eigenvalue weighted by Crippen LogP contribution is -2.37. The fraction of sp³-hybridized carbons (Fsp3) is 0.800. The second kappa shape index (κ2) is 8.84. The Morgan fingerprint density at radius 1 is 1.00 bits per heavy atom. The minimum Gasteiger partial charge on any atom is -0.367 e. The molecule has 5 heteroatoms. The minimum atomic E-state index is 0.539. The van der Waals surface area contributed by atoms with E-state index >= 15 is 0 Å². The molecule has 2 saturated carbocycles. The SMILES string of the molecule is Cc1nc(NC2CCC(NCCC3CCCC3)CC2)cc(N(C)C)n1. The van der Waals surface area contributed by atoms with Crippen LogP contribution in [0.15, 0.2) is 6.07 Å². The lowest BCUT2D eigenvalue weighted by Gasteiger charge is -2.30. The molecule has 5 nitrogen and oxygen atoms in total. The van der Waals surface area contributed by atoms with Gasteiger partial charge in [0.2, 0.25) is 0 Å². The Balaban J connectivity index is 1.40. The quantitative estimate of drug-likeness (QED) is 0.788. The summed E-state index contributed by atoms with van der Waals surface area (Å²) in [4.78, 5) is 11.1. The number of aryl methyl sites for hydroxylation is 1. The number of nitrogens with zero attached hydrogens (tertiary/aromatic N) is 3. The normalized spacial score (nSPS) is 24.4. The van der Waals surface area contributed by atoms with Crippen LogP contribution in [0.3, 0.4) is 0 Å². The van der Waals surface area contributed by atoms with Crippen molar-refractivity contribution in [2.45, 2.75) is 76.8 Å². The third-order valence-corrected chi connectivity index (χ3v) is 5.82. The molecule has 0 unspecified atom stereocenters. The van der Waals surface area contributed by atoms with Gasteiger partial charge in [-0.2, -0.15) is 0 Å². The topological polar surface area (TPSA) is 53.1 Å². The van der Waals surface area contributed by atoms with Gasteiger partial charge in [0.25, 0.3) is 0 Å². The van der Waals surface area contributed by atoms with Crippen LogP contribution in [0, 0.1) is 12.8 Å². The van der Waals surface area contributed by atoms with Gasteiger partial charge in [0, 0.05) is 32.2 Å². The van der Waals surface area contributed by atoms with Crippen LogP contribution in [0.2, 0.25) is 0 Å². The molecular formula is C20H35N5. The molecule has 2 aliphatic rings.